The Hall–Kier alpha value is -7.22. The van der Waals surface area contributed by atoms with Gasteiger partial charge in [-0.1, -0.05) is 164 Å². The maximum absolute atomic E-state index is 6.83. The van der Waals surface area contributed by atoms with Crippen molar-refractivity contribution in [1.82, 2.24) is 0 Å². The molecule has 1 aromatic heterocycles. The second kappa shape index (κ2) is 11.6. The van der Waals surface area contributed by atoms with Crippen LogP contribution in [0.5, 0.6) is 0 Å². The fourth-order valence-corrected chi connectivity index (χ4v) is 9.27. The normalized spacial score (nSPS) is 12.0. The standard InChI is InChI=1S/C54H32O/c1-2-13-34-28-40(25-24-33(34)12-1)52-46-22-9-7-20-44(46)51(45-21-8-10-23-47(45)52)39-17-11-16-35(29-39)38-26-27-42-41-18-5-6-19-43(41)53-49-31-36-14-3-4-15-37(36)32-50(49)55-54(53)48(42)30-38/h1-32H. The van der Waals surface area contributed by atoms with Crippen molar-refractivity contribution in [2.75, 3.05) is 0 Å². The van der Waals surface area contributed by atoms with Crippen LogP contribution in [0, 0.1) is 0 Å². The molecule has 55 heavy (non-hydrogen) atoms. The first-order valence-electron chi connectivity index (χ1n) is 19.0. The van der Waals surface area contributed by atoms with Gasteiger partial charge in [0, 0.05) is 16.2 Å². The average molecular weight is 697 g/mol. The summed E-state index contributed by atoms with van der Waals surface area (Å²) in [6.07, 6.45) is 0. The fourth-order valence-electron chi connectivity index (χ4n) is 9.27. The van der Waals surface area contributed by atoms with Crippen molar-refractivity contribution in [3.8, 4) is 33.4 Å². The lowest BCUT2D eigenvalue weighted by atomic mass is 9.85. The Bertz CT molecular complexity index is 3490. The quantitative estimate of drug-likeness (QED) is 0.132. The van der Waals surface area contributed by atoms with Gasteiger partial charge in [-0.05, 0) is 123 Å². The molecule has 0 N–H and O–H groups in total. The molecule has 0 atom stereocenters. The topological polar surface area (TPSA) is 13.1 Å². The molecule has 0 fully saturated rings. The Morgan fingerprint density at radius 2 is 0.745 bits per heavy atom. The molecule has 0 unspecified atom stereocenters. The molecule has 11 aromatic carbocycles. The lowest BCUT2D eigenvalue weighted by molar-refractivity contribution is 0.673. The first kappa shape index (κ1) is 30.3. The molecule has 0 aliphatic heterocycles. The molecule has 0 aliphatic carbocycles. The molecule has 12 aromatic rings. The van der Waals surface area contributed by atoms with Gasteiger partial charge in [-0.15, -0.1) is 0 Å². The highest BCUT2D eigenvalue weighted by Gasteiger charge is 2.19. The molecular weight excluding hydrogens is 665 g/mol. The third-order valence-electron chi connectivity index (χ3n) is 11.8. The third-order valence-corrected chi connectivity index (χ3v) is 11.8. The summed E-state index contributed by atoms with van der Waals surface area (Å²) in [7, 11) is 0. The molecule has 0 spiro atoms. The van der Waals surface area contributed by atoms with Crippen LogP contribution in [-0.2, 0) is 0 Å². The van der Waals surface area contributed by atoms with Crippen LogP contribution in [0.2, 0.25) is 0 Å². The molecule has 0 amide bonds. The molecule has 1 nitrogen and oxygen atoms in total. The number of hydrogen-bond acceptors (Lipinski definition) is 1. The van der Waals surface area contributed by atoms with E-state index < -0.39 is 0 Å². The van der Waals surface area contributed by atoms with Gasteiger partial charge < -0.3 is 4.42 Å². The molecule has 0 saturated carbocycles. The SMILES string of the molecule is c1cc(-c2ccc3c4ccccc4c4c5cc6ccccc6cc5oc4c3c2)cc(-c2c3ccccc3c(-c3ccc4ccccc4c3)c3ccccc23)c1. The van der Waals surface area contributed by atoms with Crippen LogP contribution in [0.1, 0.15) is 0 Å². The number of fused-ring (bicyclic) bond motifs is 12. The summed E-state index contributed by atoms with van der Waals surface area (Å²) in [4.78, 5) is 0. The summed E-state index contributed by atoms with van der Waals surface area (Å²) in [6.45, 7) is 0. The molecule has 0 bridgehead atoms. The maximum atomic E-state index is 6.83. The van der Waals surface area contributed by atoms with E-state index in [1.54, 1.807) is 0 Å². The van der Waals surface area contributed by atoms with Gasteiger partial charge in [-0.25, -0.2) is 0 Å². The molecule has 0 saturated heterocycles. The number of furan rings is 1. The molecule has 12 rings (SSSR count). The van der Waals surface area contributed by atoms with E-state index >= 15 is 0 Å². The minimum atomic E-state index is 0.921. The molecule has 0 radical (unpaired) electrons. The van der Waals surface area contributed by atoms with Gasteiger partial charge in [0.15, 0.2) is 0 Å². The van der Waals surface area contributed by atoms with Gasteiger partial charge in [-0.3, -0.25) is 0 Å². The lowest BCUT2D eigenvalue weighted by Crippen LogP contribution is -1.91. The van der Waals surface area contributed by atoms with Gasteiger partial charge in [0.2, 0.25) is 0 Å². The molecular formula is C54H32O. The zero-order valence-corrected chi connectivity index (χ0v) is 29.9. The van der Waals surface area contributed by atoms with Gasteiger partial charge in [0.25, 0.3) is 0 Å². The van der Waals surface area contributed by atoms with E-state index in [0.717, 1.165) is 27.5 Å². The van der Waals surface area contributed by atoms with Crippen molar-refractivity contribution >= 4 is 86.6 Å². The Labute approximate surface area is 317 Å². The van der Waals surface area contributed by atoms with E-state index in [0.29, 0.717) is 0 Å². The monoisotopic (exact) mass is 696 g/mol. The highest BCUT2D eigenvalue weighted by Crippen LogP contribution is 2.46. The van der Waals surface area contributed by atoms with Crippen LogP contribution in [0.4, 0.5) is 0 Å². The third kappa shape index (κ3) is 4.54. The smallest absolute Gasteiger partial charge is 0.143 e. The first-order valence-corrected chi connectivity index (χ1v) is 19.0. The summed E-state index contributed by atoms with van der Waals surface area (Å²) in [5.41, 5.74) is 9.18. The zero-order valence-electron chi connectivity index (χ0n) is 29.9. The lowest BCUT2D eigenvalue weighted by Gasteiger charge is -2.18. The minimum absolute atomic E-state index is 0.921. The number of benzene rings is 11. The van der Waals surface area contributed by atoms with Crippen LogP contribution < -0.4 is 0 Å². The van der Waals surface area contributed by atoms with Crippen LogP contribution in [0.15, 0.2) is 199 Å². The summed E-state index contributed by atoms with van der Waals surface area (Å²) >= 11 is 0. The van der Waals surface area contributed by atoms with Crippen LogP contribution >= 0.6 is 0 Å². The Kier molecular flexibility index (Phi) is 6.40. The van der Waals surface area contributed by atoms with Crippen molar-refractivity contribution in [2.45, 2.75) is 0 Å². The van der Waals surface area contributed by atoms with Crippen molar-refractivity contribution in [1.29, 1.82) is 0 Å². The van der Waals surface area contributed by atoms with E-state index in [4.69, 9.17) is 4.42 Å². The highest BCUT2D eigenvalue weighted by atomic mass is 16.3. The molecule has 1 heteroatoms. The molecule has 254 valence electrons. The van der Waals surface area contributed by atoms with Crippen molar-refractivity contribution < 1.29 is 4.42 Å². The van der Waals surface area contributed by atoms with Gasteiger partial charge in [0.05, 0.1) is 0 Å². The summed E-state index contributed by atoms with van der Waals surface area (Å²) in [5.74, 6) is 0. The zero-order chi connectivity index (χ0) is 36.0. The van der Waals surface area contributed by atoms with E-state index in [1.807, 2.05) is 0 Å². The maximum Gasteiger partial charge on any atom is 0.143 e. The number of rotatable bonds is 3. The molecule has 1 heterocycles. The van der Waals surface area contributed by atoms with Crippen molar-refractivity contribution in [3.05, 3.63) is 194 Å². The predicted molar refractivity (Wildman–Crippen MR) is 235 cm³/mol. The summed E-state index contributed by atoms with van der Waals surface area (Å²) in [6, 6.07) is 71.1. The van der Waals surface area contributed by atoms with Crippen LogP contribution in [0.25, 0.3) is 120 Å². The Balaban J connectivity index is 1.08. The largest absolute Gasteiger partial charge is 0.455 e. The number of hydrogen-bond donors (Lipinski definition) is 0. The van der Waals surface area contributed by atoms with Gasteiger partial charge in [0.1, 0.15) is 11.2 Å². The van der Waals surface area contributed by atoms with E-state index in [2.05, 4.69) is 194 Å². The Morgan fingerprint density at radius 1 is 0.255 bits per heavy atom. The second-order valence-electron chi connectivity index (χ2n) is 14.8. The summed E-state index contributed by atoms with van der Waals surface area (Å²) < 4.78 is 6.83. The van der Waals surface area contributed by atoms with Crippen LogP contribution in [0.3, 0.4) is 0 Å². The minimum Gasteiger partial charge on any atom is -0.455 e. The van der Waals surface area contributed by atoms with E-state index in [-0.39, 0.29) is 0 Å². The summed E-state index contributed by atoms with van der Waals surface area (Å²) in [5, 5.41) is 17.1. The highest BCUT2D eigenvalue weighted by molar-refractivity contribution is 6.31. The van der Waals surface area contributed by atoms with Gasteiger partial charge in [-0.2, -0.15) is 0 Å². The van der Waals surface area contributed by atoms with Crippen LogP contribution in [-0.4, -0.2) is 0 Å². The Morgan fingerprint density at radius 3 is 1.44 bits per heavy atom. The van der Waals surface area contributed by atoms with Crippen molar-refractivity contribution in [2.24, 2.45) is 0 Å². The predicted octanol–water partition coefficient (Wildman–Crippen LogP) is 15.5. The fraction of sp³-hybridized carbons (Fsp3) is 0. The van der Waals surface area contributed by atoms with Gasteiger partial charge >= 0.3 is 0 Å². The van der Waals surface area contributed by atoms with Crippen molar-refractivity contribution in [3.63, 3.8) is 0 Å². The first-order chi connectivity index (χ1) is 27.3. The average Bonchev–Trinajstić information content (AvgIpc) is 3.63. The van der Waals surface area contributed by atoms with E-state index in [9.17, 15) is 0 Å². The molecule has 0 aliphatic rings. The second-order valence-corrected chi connectivity index (χ2v) is 14.8. The van der Waals surface area contributed by atoms with E-state index in [1.165, 1.54) is 92.5 Å².